The van der Waals surface area contributed by atoms with E-state index in [-0.39, 0.29) is 11.9 Å². The van der Waals surface area contributed by atoms with Crippen LogP contribution in [-0.4, -0.2) is 15.7 Å². The summed E-state index contributed by atoms with van der Waals surface area (Å²) in [6.45, 7) is 3.98. The molecule has 0 saturated carbocycles. The monoisotopic (exact) mass is 257 g/mol. The Labute approximate surface area is 113 Å². The van der Waals surface area contributed by atoms with Gasteiger partial charge in [0.05, 0.1) is 18.7 Å². The third-order valence-electron chi connectivity index (χ3n) is 3.32. The smallest absolute Gasteiger partial charge is 0.224 e. The van der Waals surface area contributed by atoms with Gasteiger partial charge >= 0.3 is 0 Å². The minimum absolute atomic E-state index is 0.0232. The number of hydrogen-bond acceptors (Lipinski definition) is 2. The van der Waals surface area contributed by atoms with Crippen molar-refractivity contribution in [3.8, 4) is 0 Å². The van der Waals surface area contributed by atoms with Gasteiger partial charge < -0.3 is 5.32 Å². The van der Waals surface area contributed by atoms with Gasteiger partial charge in [-0.1, -0.05) is 30.3 Å². The van der Waals surface area contributed by atoms with Crippen LogP contribution in [0.3, 0.4) is 0 Å². The minimum atomic E-state index is -0.0232. The fourth-order valence-electron chi connectivity index (χ4n) is 2.09. The van der Waals surface area contributed by atoms with Crippen molar-refractivity contribution >= 4 is 5.91 Å². The molecule has 0 aliphatic heterocycles. The summed E-state index contributed by atoms with van der Waals surface area (Å²) in [5.74, 6) is 0.0296. The first-order valence-corrected chi connectivity index (χ1v) is 6.39. The fourth-order valence-corrected chi connectivity index (χ4v) is 2.09. The van der Waals surface area contributed by atoms with Crippen LogP contribution in [0.1, 0.15) is 29.8 Å². The normalized spacial score (nSPS) is 12.2. The molecule has 1 heterocycles. The molecule has 1 aromatic heterocycles. The second-order valence-corrected chi connectivity index (χ2v) is 4.76. The summed E-state index contributed by atoms with van der Waals surface area (Å²) in [5.41, 5.74) is 3.16. The van der Waals surface area contributed by atoms with Gasteiger partial charge in [-0.05, 0) is 19.4 Å². The lowest BCUT2D eigenvalue weighted by Gasteiger charge is -2.13. The zero-order valence-corrected chi connectivity index (χ0v) is 11.6. The average Bonchev–Trinajstić information content (AvgIpc) is 2.71. The molecule has 2 rings (SSSR count). The van der Waals surface area contributed by atoms with Crippen LogP contribution in [0.2, 0.25) is 0 Å². The zero-order chi connectivity index (χ0) is 13.8. The Balaban J connectivity index is 1.97. The number of aryl methyl sites for hydroxylation is 1. The number of nitrogens with zero attached hydrogens (tertiary/aromatic N) is 2. The molecular weight excluding hydrogens is 238 g/mol. The molecule has 0 aliphatic rings. The molecule has 0 fully saturated rings. The summed E-state index contributed by atoms with van der Waals surface area (Å²) in [7, 11) is 1.90. The molecule has 1 amide bonds. The zero-order valence-electron chi connectivity index (χ0n) is 11.6. The molecule has 1 unspecified atom stereocenters. The van der Waals surface area contributed by atoms with E-state index in [0.717, 1.165) is 16.8 Å². The SMILES string of the molecule is Cc1c(C(C)NC(=O)Cc2ccccc2)cnn1C. The second kappa shape index (κ2) is 5.69. The number of carbonyl (C=O) groups is 1. The fraction of sp³-hybridized carbons (Fsp3) is 0.333. The highest BCUT2D eigenvalue weighted by Crippen LogP contribution is 2.16. The number of amides is 1. The molecule has 0 radical (unpaired) electrons. The Morgan fingerprint density at radius 1 is 1.37 bits per heavy atom. The van der Waals surface area contributed by atoms with Crippen LogP contribution >= 0.6 is 0 Å². The molecule has 1 N–H and O–H groups in total. The van der Waals surface area contributed by atoms with Gasteiger partial charge in [0, 0.05) is 18.3 Å². The lowest BCUT2D eigenvalue weighted by Crippen LogP contribution is -2.28. The highest BCUT2D eigenvalue weighted by atomic mass is 16.1. The molecule has 1 atom stereocenters. The second-order valence-electron chi connectivity index (χ2n) is 4.76. The summed E-state index contributed by atoms with van der Waals surface area (Å²) < 4.78 is 1.81. The van der Waals surface area contributed by atoms with Crippen molar-refractivity contribution in [1.82, 2.24) is 15.1 Å². The highest BCUT2D eigenvalue weighted by molar-refractivity contribution is 5.79. The molecule has 0 aliphatic carbocycles. The van der Waals surface area contributed by atoms with E-state index in [1.54, 1.807) is 0 Å². The van der Waals surface area contributed by atoms with Crippen molar-refractivity contribution in [2.24, 2.45) is 7.05 Å². The Morgan fingerprint density at radius 3 is 2.63 bits per heavy atom. The van der Waals surface area contributed by atoms with E-state index < -0.39 is 0 Å². The van der Waals surface area contributed by atoms with E-state index >= 15 is 0 Å². The number of rotatable bonds is 4. The van der Waals surface area contributed by atoms with Gasteiger partial charge in [-0.3, -0.25) is 9.48 Å². The van der Waals surface area contributed by atoms with Crippen molar-refractivity contribution in [1.29, 1.82) is 0 Å². The summed E-state index contributed by atoms with van der Waals surface area (Å²) in [4.78, 5) is 12.0. The van der Waals surface area contributed by atoms with E-state index in [1.807, 2.05) is 62.1 Å². The van der Waals surface area contributed by atoms with Crippen molar-refractivity contribution in [3.63, 3.8) is 0 Å². The van der Waals surface area contributed by atoms with Gasteiger partial charge in [-0.2, -0.15) is 5.10 Å². The Hall–Kier alpha value is -2.10. The highest BCUT2D eigenvalue weighted by Gasteiger charge is 2.14. The summed E-state index contributed by atoms with van der Waals surface area (Å²) in [6.07, 6.45) is 2.22. The van der Waals surface area contributed by atoms with Gasteiger partial charge in [-0.15, -0.1) is 0 Å². The first-order chi connectivity index (χ1) is 9.08. The van der Waals surface area contributed by atoms with Crippen LogP contribution in [0.25, 0.3) is 0 Å². The van der Waals surface area contributed by atoms with Crippen molar-refractivity contribution in [3.05, 3.63) is 53.3 Å². The van der Waals surface area contributed by atoms with Crippen molar-refractivity contribution in [2.45, 2.75) is 26.3 Å². The van der Waals surface area contributed by atoms with E-state index in [4.69, 9.17) is 0 Å². The Bertz CT molecular complexity index is 560. The molecular formula is C15H19N3O. The van der Waals surface area contributed by atoms with E-state index in [0.29, 0.717) is 6.42 Å². The largest absolute Gasteiger partial charge is 0.349 e. The van der Waals surface area contributed by atoms with E-state index in [9.17, 15) is 4.79 Å². The van der Waals surface area contributed by atoms with Crippen LogP contribution in [-0.2, 0) is 18.3 Å². The summed E-state index contributed by atoms with van der Waals surface area (Å²) in [5, 5.41) is 7.20. The van der Waals surface area contributed by atoms with Crippen LogP contribution in [0.5, 0.6) is 0 Å². The lowest BCUT2D eigenvalue weighted by molar-refractivity contribution is -0.121. The van der Waals surface area contributed by atoms with Gasteiger partial charge in [0.15, 0.2) is 0 Å². The lowest BCUT2D eigenvalue weighted by atomic mass is 10.1. The maximum absolute atomic E-state index is 12.0. The predicted octanol–water partition coefficient (Wildman–Crippen LogP) is 2.15. The topological polar surface area (TPSA) is 46.9 Å². The van der Waals surface area contributed by atoms with E-state index in [2.05, 4.69) is 10.4 Å². The molecule has 0 saturated heterocycles. The summed E-state index contributed by atoms with van der Waals surface area (Å²) in [6, 6.07) is 9.72. The van der Waals surface area contributed by atoms with Gasteiger partial charge in [0.25, 0.3) is 0 Å². The Kier molecular flexibility index (Phi) is 4.00. The van der Waals surface area contributed by atoms with Crippen molar-refractivity contribution < 1.29 is 4.79 Å². The number of aromatic nitrogens is 2. The number of carbonyl (C=O) groups excluding carboxylic acids is 1. The molecule has 4 nitrogen and oxygen atoms in total. The molecule has 100 valence electrons. The summed E-state index contributed by atoms with van der Waals surface area (Å²) >= 11 is 0. The van der Waals surface area contributed by atoms with Crippen LogP contribution in [0.4, 0.5) is 0 Å². The maximum atomic E-state index is 12.0. The van der Waals surface area contributed by atoms with Gasteiger partial charge in [-0.25, -0.2) is 0 Å². The van der Waals surface area contributed by atoms with Gasteiger partial charge in [0.2, 0.25) is 5.91 Å². The predicted molar refractivity (Wildman–Crippen MR) is 74.6 cm³/mol. The first kappa shape index (κ1) is 13.3. The molecule has 19 heavy (non-hydrogen) atoms. The Morgan fingerprint density at radius 2 is 2.05 bits per heavy atom. The van der Waals surface area contributed by atoms with Crippen LogP contribution in [0.15, 0.2) is 36.5 Å². The van der Waals surface area contributed by atoms with Crippen LogP contribution in [0, 0.1) is 6.92 Å². The molecule has 0 spiro atoms. The molecule has 2 aromatic rings. The number of nitrogens with one attached hydrogen (secondary N) is 1. The first-order valence-electron chi connectivity index (χ1n) is 6.39. The standard InChI is InChI=1S/C15H19N3O/c1-11(14-10-16-18(3)12(14)2)17-15(19)9-13-7-5-4-6-8-13/h4-8,10-11H,9H2,1-3H3,(H,17,19). The molecule has 0 bridgehead atoms. The van der Waals surface area contributed by atoms with E-state index in [1.165, 1.54) is 0 Å². The van der Waals surface area contributed by atoms with Crippen LogP contribution < -0.4 is 5.32 Å². The minimum Gasteiger partial charge on any atom is -0.349 e. The molecule has 1 aromatic carbocycles. The maximum Gasteiger partial charge on any atom is 0.224 e. The quantitative estimate of drug-likeness (QED) is 0.912. The third kappa shape index (κ3) is 3.22. The number of hydrogen-bond donors (Lipinski definition) is 1. The van der Waals surface area contributed by atoms with Gasteiger partial charge in [0.1, 0.15) is 0 Å². The average molecular weight is 257 g/mol. The van der Waals surface area contributed by atoms with Crippen molar-refractivity contribution in [2.75, 3.05) is 0 Å². The number of benzene rings is 1. The molecule has 4 heteroatoms. The third-order valence-corrected chi connectivity index (χ3v) is 3.32.